The maximum atomic E-state index is 15.0. The minimum atomic E-state index is -0.648. The van der Waals surface area contributed by atoms with E-state index in [-0.39, 0.29) is 45.6 Å². The molecular weight excluding hydrogens is 861 g/mol. The van der Waals surface area contributed by atoms with Crippen molar-refractivity contribution in [1.82, 2.24) is 34.0 Å². The summed E-state index contributed by atoms with van der Waals surface area (Å²) in [5.74, 6) is 0.720. The molecule has 1 saturated heterocycles. The van der Waals surface area contributed by atoms with Crippen LogP contribution < -0.4 is 42.3 Å². The molecule has 4 aromatic carbocycles. The van der Waals surface area contributed by atoms with Crippen molar-refractivity contribution in [3.05, 3.63) is 178 Å². The molecule has 0 saturated carbocycles. The molecule has 338 valence electrons. The number of amides is 2. The monoisotopic (exact) mass is 903 g/mol. The molecule has 0 bridgehead atoms. The summed E-state index contributed by atoms with van der Waals surface area (Å²) in [5.41, 5.74) is 7.87. The Labute approximate surface area is 382 Å². The Hall–Kier alpha value is -8.93. The van der Waals surface area contributed by atoms with Crippen molar-refractivity contribution in [1.29, 1.82) is 0 Å². The molecule has 8 aromatic rings. The molecule has 0 aliphatic carbocycles. The van der Waals surface area contributed by atoms with Crippen molar-refractivity contribution in [2.24, 2.45) is 14.1 Å². The molecule has 0 spiro atoms. The summed E-state index contributed by atoms with van der Waals surface area (Å²) in [7, 11) is 3.20. The van der Waals surface area contributed by atoms with E-state index in [1.54, 1.807) is 43.3 Å². The number of nitrogen functional groups attached to an aromatic ring is 1. The van der Waals surface area contributed by atoms with Gasteiger partial charge in [-0.25, -0.2) is 33.5 Å². The lowest BCUT2D eigenvalue weighted by Crippen LogP contribution is -2.32. The van der Waals surface area contributed by atoms with Crippen molar-refractivity contribution >= 4 is 40.9 Å². The lowest BCUT2D eigenvalue weighted by atomic mass is 10.1. The van der Waals surface area contributed by atoms with Gasteiger partial charge < -0.3 is 30.7 Å². The van der Waals surface area contributed by atoms with Gasteiger partial charge >= 0.3 is 6.03 Å². The van der Waals surface area contributed by atoms with Gasteiger partial charge in [-0.3, -0.25) is 24.0 Å². The quantitative estimate of drug-likeness (QED) is 0.0962. The number of halogens is 2. The minimum Gasteiger partial charge on any atom is -0.454 e. The van der Waals surface area contributed by atoms with Crippen molar-refractivity contribution < 1.29 is 23.0 Å². The second kappa shape index (κ2) is 20.3. The molecule has 2 amide bonds. The standard InChI is InChI=1S/C27H25FN6O3.C22H18FN5O2/c1-33-25(35)21(17-30-26(33)31-19-7-3-2-4-8-19)18-9-10-23(22(28)15-18)37-20-11-12-29-24(16-20)32-27(36)34-13-5-6-14-34;1-28-21(29)17(13-26-22(28)27-15-5-3-2-4-6-15)14-7-8-19(18(23)11-14)30-16-9-10-25-20(24)12-16/h2-4,7-12,15-17H,5-6,13-14H2,1H3,(H,30,31)(H,29,32,36);2-13H,1H3,(H2,24,25)(H,26,27). The number of aromatic nitrogens is 6. The highest BCUT2D eigenvalue weighted by molar-refractivity contribution is 5.88. The van der Waals surface area contributed by atoms with E-state index in [4.69, 9.17) is 15.2 Å². The van der Waals surface area contributed by atoms with Gasteiger partial charge in [-0.2, -0.15) is 0 Å². The molecule has 5 heterocycles. The van der Waals surface area contributed by atoms with Gasteiger partial charge in [0.1, 0.15) is 23.1 Å². The number of nitrogens with zero attached hydrogens (tertiary/aromatic N) is 7. The first-order chi connectivity index (χ1) is 32.5. The van der Waals surface area contributed by atoms with Gasteiger partial charge in [0.2, 0.25) is 11.9 Å². The number of likely N-dealkylation sites (tertiary alicyclic amines) is 1. The number of benzene rings is 4. The number of carbonyl (C=O) groups excluding carboxylic acids is 1. The van der Waals surface area contributed by atoms with E-state index in [2.05, 4.69) is 35.9 Å². The molecule has 0 radical (unpaired) electrons. The van der Waals surface area contributed by atoms with E-state index < -0.39 is 11.6 Å². The van der Waals surface area contributed by atoms with Crippen LogP contribution in [0, 0.1) is 11.6 Å². The summed E-state index contributed by atoms with van der Waals surface area (Å²) in [6, 6.07) is 33.2. The van der Waals surface area contributed by atoms with E-state index in [9.17, 15) is 23.2 Å². The van der Waals surface area contributed by atoms with Gasteiger partial charge in [-0.1, -0.05) is 48.5 Å². The van der Waals surface area contributed by atoms with Gasteiger partial charge in [-0.05, 0) is 84.6 Å². The summed E-state index contributed by atoms with van der Waals surface area (Å²) in [5, 5.41) is 8.92. The highest BCUT2D eigenvalue weighted by Gasteiger charge is 2.19. The molecule has 1 aliphatic rings. The SMILES string of the molecule is Cn1c(Nc2ccccc2)ncc(-c2ccc(Oc3ccnc(N)c3)c(F)c2)c1=O.Cn1c(Nc2ccccc2)ncc(-c2ccc(Oc3ccnc(NC(=O)N4CCCC4)c3)c(F)c2)c1=O. The third-order valence-corrected chi connectivity index (χ3v) is 10.5. The van der Waals surface area contributed by atoms with Crippen LogP contribution in [0.25, 0.3) is 22.3 Å². The predicted octanol–water partition coefficient (Wildman–Crippen LogP) is 9.24. The van der Waals surface area contributed by atoms with Crippen molar-refractivity contribution in [3.63, 3.8) is 0 Å². The Kier molecular flexibility index (Phi) is 13.5. The molecule has 0 atom stereocenters. The molecule has 4 aromatic heterocycles. The third kappa shape index (κ3) is 10.9. The highest BCUT2D eigenvalue weighted by Crippen LogP contribution is 2.31. The largest absolute Gasteiger partial charge is 0.454 e. The Morgan fingerprint density at radius 2 is 1.09 bits per heavy atom. The second-order valence-corrected chi connectivity index (χ2v) is 15.1. The molecule has 18 heteroatoms. The Bertz CT molecular complexity index is 3170. The molecule has 1 fully saturated rings. The van der Waals surface area contributed by atoms with Crippen LogP contribution >= 0.6 is 0 Å². The number of hydrogen-bond acceptors (Lipinski definition) is 12. The maximum absolute atomic E-state index is 15.0. The normalized spacial score (nSPS) is 11.9. The van der Waals surface area contributed by atoms with Crippen LogP contribution in [0.5, 0.6) is 23.0 Å². The van der Waals surface area contributed by atoms with E-state index in [1.165, 1.54) is 70.3 Å². The fourth-order valence-electron chi connectivity index (χ4n) is 6.92. The highest BCUT2D eigenvalue weighted by atomic mass is 19.1. The first kappa shape index (κ1) is 44.7. The van der Waals surface area contributed by atoms with Crippen molar-refractivity contribution in [2.75, 3.05) is 34.8 Å². The number of pyridine rings is 2. The second-order valence-electron chi connectivity index (χ2n) is 15.1. The van der Waals surface area contributed by atoms with Crippen LogP contribution in [-0.4, -0.2) is 53.1 Å². The van der Waals surface area contributed by atoms with Crippen LogP contribution in [0.4, 0.5) is 48.5 Å². The number of carbonyl (C=O) groups is 1. The number of ether oxygens (including phenoxy) is 2. The van der Waals surface area contributed by atoms with Gasteiger partial charge in [-0.15, -0.1) is 0 Å². The number of para-hydroxylation sites is 2. The summed E-state index contributed by atoms with van der Waals surface area (Å²) in [6.45, 7) is 1.43. The molecular formula is C49H43F2N11O5. The van der Waals surface area contributed by atoms with Gasteiger partial charge in [0.05, 0.1) is 11.1 Å². The molecule has 67 heavy (non-hydrogen) atoms. The Morgan fingerprint density at radius 1 is 0.612 bits per heavy atom. The fraction of sp³-hybridized carbons (Fsp3) is 0.122. The zero-order chi connectivity index (χ0) is 46.9. The molecule has 5 N–H and O–H groups in total. The predicted molar refractivity (Wildman–Crippen MR) is 252 cm³/mol. The van der Waals surface area contributed by atoms with Gasteiger partial charge in [0, 0.05) is 75.5 Å². The van der Waals surface area contributed by atoms with Crippen LogP contribution in [0.15, 0.2) is 156 Å². The van der Waals surface area contributed by atoms with E-state index in [0.717, 1.165) is 24.2 Å². The van der Waals surface area contributed by atoms with E-state index >= 15 is 0 Å². The first-order valence-electron chi connectivity index (χ1n) is 20.9. The number of anilines is 6. The topological polar surface area (TPSA) is 196 Å². The summed E-state index contributed by atoms with van der Waals surface area (Å²) < 4.78 is 43.6. The average Bonchev–Trinajstić information content (AvgIpc) is 3.88. The van der Waals surface area contributed by atoms with Crippen LogP contribution in [0.1, 0.15) is 12.8 Å². The zero-order valence-corrected chi connectivity index (χ0v) is 36.2. The van der Waals surface area contributed by atoms with E-state index in [1.807, 2.05) is 60.7 Å². The molecule has 0 unspecified atom stereocenters. The summed E-state index contributed by atoms with van der Waals surface area (Å²) in [4.78, 5) is 56.5. The van der Waals surface area contributed by atoms with Gasteiger partial charge in [0.15, 0.2) is 23.1 Å². The van der Waals surface area contributed by atoms with Crippen LogP contribution in [0.2, 0.25) is 0 Å². The molecule has 16 nitrogen and oxygen atoms in total. The molecule has 9 rings (SSSR count). The Morgan fingerprint density at radius 3 is 1.57 bits per heavy atom. The minimum absolute atomic E-state index is 0.0106. The number of nitrogens with one attached hydrogen (secondary N) is 3. The first-order valence-corrected chi connectivity index (χ1v) is 20.9. The summed E-state index contributed by atoms with van der Waals surface area (Å²) >= 11 is 0. The Balaban J connectivity index is 0.000000186. The smallest absolute Gasteiger partial charge is 0.323 e. The zero-order valence-electron chi connectivity index (χ0n) is 36.2. The summed E-state index contributed by atoms with van der Waals surface area (Å²) in [6.07, 6.45) is 7.75. The lowest BCUT2D eigenvalue weighted by Gasteiger charge is -2.16. The third-order valence-electron chi connectivity index (χ3n) is 10.5. The average molecular weight is 904 g/mol. The number of rotatable bonds is 11. The maximum Gasteiger partial charge on any atom is 0.323 e. The van der Waals surface area contributed by atoms with Crippen molar-refractivity contribution in [2.45, 2.75) is 12.8 Å². The molecule has 1 aliphatic heterocycles. The number of nitrogens with two attached hydrogens (primary N) is 1. The number of urea groups is 1. The van der Waals surface area contributed by atoms with Crippen LogP contribution in [0.3, 0.4) is 0 Å². The fourth-order valence-corrected chi connectivity index (χ4v) is 6.92. The van der Waals surface area contributed by atoms with Crippen molar-refractivity contribution in [3.8, 4) is 45.3 Å². The van der Waals surface area contributed by atoms with E-state index in [0.29, 0.717) is 53.4 Å². The number of hydrogen-bond donors (Lipinski definition) is 4. The lowest BCUT2D eigenvalue weighted by molar-refractivity contribution is 0.222. The van der Waals surface area contributed by atoms with Crippen LogP contribution in [-0.2, 0) is 14.1 Å². The van der Waals surface area contributed by atoms with Gasteiger partial charge in [0.25, 0.3) is 11.1 Å².